The van der Waals surface area contributed by atoms with Crippen molar-refractivity contribution in [2.45, 2.75) is 33.2 Å². The van der Waals surface area contributed by atoms with Crippen molar-refractivity contribution in [2.24, 2.45) is 20.0 Å². The molecule has 8 heteroatoms. The van der Waals surface area contributed by atoms with Crippen molar-refractivity contribution in [2.75, 3.05) is 6.61 Å². The highest BCUT2D eigenvalue weighted by Gasteiger charge is 2.17. The van der Waals surface area contributed by atoms with Gasteiger partial charge in [-0.05, 0) is 12.8 Å². The van der Waals surface area contributed by atoms with Crippen LogP contribution in [0.3, 0.4) is 0 Å². The maximum absolute atomic E-state index is 12.3. The molecule has 0 fully saturated rings. The van der Waals surface area contributed by atoms with Crippen LogP contribution in [0.5, 0.6) is 0 Å². The Balaban J connectivity index is 2.21. The third-order valence-corrected chi connectivity index (χ3v) is 4.11. The third-order valence-electron chi connectivity index (χ3n) is 4.11. The minimum Gasteiger partial charge on any atom is -0.464 e. The summed E-state index contributed by atoms with van der Waals surface area (Å²) >= 11 is 0. The van der Waals surface area contributed by atoms with Gasteiger partial charge in [-0.2, -0.15) is 0 Å². The molecule has 2 rings (SSSR count). The summed E-state index contributed by atoms with van der Waals surface area (Å²) in [5.74, 6) is -0.317. The van der Waals surface area contributed by atoms with Crippen molar-refractivity contribution < 1.29 is 9.53 Å². The number of aryl methyl sites for hydroxylation is 1. The highest BCUT2D eigenvalue weighted by molar-refractivity contribution is 5.72. The van der Waals surface area contributed by atoms with Gasteiger partial charge in [-0.25, -0.2) is 9.78 Å². The molecule has 2 aromatic rings. The molecule has 126 valence electrons. The summed E-state index contributed by atoms with van der Waals surface area (Å²) < 4.78 is 9.24. The number of ether oxygens (including phenoxy) is 1. The minimum absolute atomic E-state index is 0.0942. The summed E-state index contributed by atoms with van der Waals surface area (Å²) in [6.07, 6.45) is 2.97. The molecule has 23 heavy (non-hydrogen) atoms. The molecule has 0 unspecified atom stereocenters. The molecule has 0 N–H and O–H groups in total. The molecule has 0 radical (unpaired) electrons. The highest BCUT2D eigenvalue weighted by atomic mass is 16.5. The highest BCUT2D eigenvalue weighted by Crippen LogP contribution is 2.10. The molecule has 0 aromatic carbocycles. The van der Waals surface area contributed by atoms with Crippen LogP contribution < -0.4 is 11.2 Å². The molecular weight excluding hydrogens is 300 g/mol. The van der Waals surface area contributed by atoms with E-state index in [-0.39, 0.29) is 18.5 Å². The number of esters is 1. The molecule has 0 aliphatic heterocycles. The van der Waals surface area contributed by atoms with Gasteiger partial charge < -0.3 is 9.30 Å². The van der Waals surface area contributed by atoms with E-state index in [4.69, 9.17) is 4.74 Å². The van der Waals surface area contributed by atoms with Gasteiger partial charge in [-0.1, -0.05) is 13.8 Å². The van der Waals surface area contributed by atoms with E-state index in [0.717, 1.165) is 17.4 Å². The number of hydrogen-bond donors (Lipinski definition) is 0. The van der Waals surface area contributed by atoms with Gasteiger partial charge in [0.2, 0.25) is 0 Å². The van der Waals surface area contributed by atoms with Crippen LogP contribution in [0.25, 0.3) is 11.2 Å². The van der Waals surface area contributed by atoms with Gasteiger partial charge in [0.25, 0.3) is 5.56 Å². The van der Waals surface area contributed by atoms with E-state index in [9.17, 15) is 14.4 Å². The maximum Gasteiger partial charge on any atom is 0.332 e. The Hall–Kier alpha value is -2.38. The molecule has 0 atom stereocenters. The monoisotopic (exact) mass is 322 g/mol. The van der Waals surface area contributed by atoms with Gasteiger partial charge in [0.05, 0.1) is 18.8 Å². The summed E-state index contributed by atoms with van der Waals surface area (Å²) in [5, 5.41) is 0. The van der Waals surface area contributed by atoms with E-state index < -0.39 is 11.2 Å². The van der Waals surface area contributed by atoms with Crippen molar-refractivity contribution in [3.63, 3.8) is 0 Å². The molecule has 0 aliphatic rings. The second-order valence-electron chi connectivity index (χ2n) is 5.50. The summed E-state index contributed by atoms with van der Waals surface area (Å²) in [5.41, 5.74) is -0.183. The number of carbonyl (C=O) groups is 1. The van der Waals surface area contributed by atoms with Crippen LogP contribution >= 0.6 is 0 Å². The van der Waals surface area contributed by atoms with Gasteiger partial charge in [-0.15, -0.1) is 0 Å². The quantitative estimate of drug-likeness (QED) is 0.719. The van der Waals surface area contributed by atoms with Crippen LogP contribution in [0.1, 0.15) is 26.7 Å². The number of aromatic nitrogens is 4. The molecule has 0 spiro atoms. The Morgan fingerprint density at radius 1 is 1.22 bits per heavy atom. The molecule has 0 amide bonds. The zero-order valence-electron chi connectivity index (χ0n) is 13.9. The fraction of sp³-hybridized carbons (Fsp3) is 0.600. The number of rotatable bonds is 6. The second-order valence-corrected chi connectivity index (χ2v) is 5.50. The summed E-state index contributed by atoms with van der Waals surface area (Å²) in [6, 6.07) is 0. The lowest BCUT2D eigenvalue weighted by Gasteiger charge is -2.12. The zero-order chi connectivity index (χ0) is 17.1. The SMILES string of the molecule is CCC(CC)C(=O)OCCn1cnc2c1c(=O)n(C)c(=O)n2C. The molecule has 2 heterocycles. The predicted molar refractivity (Wildman–Crippen MR) is 85.2 cm³/mol. The Kier molecular flexibility index (Phi) is 5.02. The molecule has 8 nitrogen and oxygen atoms in total. The molecular formula is C15H22N4O4. The first-order valence-electron chi connectivity index (χ1n) is 7.69. The van der Waals surface area contributed by atoms with Gasteiger partial charge >= 0.3 is 11.7 Å². The smallest absolute Gasteiger partial charge is 0.332 e. The second kappa shape index (κ2) is 6.80. The lowest BCUT2D eigenvalue weighted by atomic mass is 10.0. The molecule has 2 aromatic heterocycles. The van der Waals surface area contributed by atoms with Crippen molar-refractivity contribution in [3.05, 3.63) is 27.2 Å². The minimum atomic E-state index is -0.423. The van der Waals surface area contributed by atoms with Crippen LogP contribution in [0, 0.1) is 5.92 Å². The van der Waals surface area contributed by atoms with Gasteiger partial charge in [0, 0.05) is 14.1 Å². The van der Waals surface area contributed by atoms with E-state index >= 15 is 0 Å². The number of hydrogen-bond acceptors (Lipinski definition) is 5. The standard InChI is InChI=1S/C15H22N4O4/c1-5-10(6-2)14(21)23-8-7-19-9-16-12-11(19)13(20)18(4)15(22)17(12)3/h9-10H,5-8H2,1-4H3. The Morgan fingerprint density at radius 3 is 2.48 bits per heavy atom. The first-order valence-corrected chi connectivity index (χ1v) is 7.69. The van der Waals surface area contributed by atoms with Crippen molar-refractivity contribution in [1.29, 1.82) is 0 Å². The van der Waals surface area contributed by atoms with Crippen LogP contribution in [0.2, 0.25) is 0 Å². The fourth-order valence-electron chi connectivity index (χ4n) is 2.55. The fourth-order valence-corrected chi connectivity index (χ4v) is 2.55. The third kappa shape index (κ3) is 3.06. The van der Waals surface area contributed by atoms with E-state index in [1.165, 1.54) is 17.9 Å². The Labute approximate surface area is 133 Å². The summed E-state index contributed by atoms with van der Waals surface area (Å²) in [6.45, 7) is 4.37. The number of imidazole rings is 1. The van der Waals surface area contributed by atoms with E-state index in [2.05, 4.69) is 4.98 Å². The zero-order valence-corrected chi connectivity index (χ0v) is 13.9. The van der Waals surface area contributed by atoms with Gasteiger partial charge in [0.15, 0.2) is 11.2 Å². The van der Waals surface area contributed by atoms with Gasteiger partial charge in [-0.3, -0.25) is 18.7 Å². The normalized spacial score (nSPS) is 11.3. The van der Waals surface area contributed by atoms with Crippen molar-refractivity contribution in [1.82, 2.24) is 18.7 Å². The van der Waals surface area contributed by atoms with E-state index in [1.807, 2.05) is 13.8 Å². The largest absolute Gasteiger partial charge is 0.464 e. The van der Waals surface area contributed by atoms with Crippen LogP contribution in [-0.4, -0.2) is 31.3 Å². The maximum atomic E-state index is 12.3. The molecule has 0 saturated heterocycles. The number of fused-ring (bicyclic) bond motifs is 1. The lowest BCUT2D eigenvalue weighted by molar-refractivity contribution is -0.149. The summed E-state index contributed by atoms with van der Waals surface area (Å²) in [7, 11) is 2.99. The Bertz CT molecular complexity index is 826. The lowest BCUT2D eigenvalue weighted by Crippen LogP contribution is -2.37. The summed E-state index contributed by atoms with van der Waals surface area (Å²) in [4.78, 5) is 40.1. The molecule has 0 bridgehead atoms. The molecule has 0 saturated carbocycles. The topological polar surface area (TPSA) is 88.1 Å². The van der Waals surface area contributed by atoms with Crippen molar-refractivity contribution in [3.8, 4) is 0 Å². The van der Waals surface area contributed by atoms with Crippen LogP contribution in [0.4, 0.5) is 0 Å². The van der Waals surface area contributed by atoms with Crippen LogP contribution in [-0.2, 0) is 30.2 Å². The predicted octanol–water partition coefficient (Wildman–Crippen LogP) is 0.413. The van der Waals surface area contributed by atoms with E-state index in [1.54, 1.807) is 11.6 Å². The first kappa shape index (κ1) is 17.0. The average molecular weight is 322 g/mol. The number of nitrogens with zero attached hydrogens (tertiary/aromatic N) is 4. The number of carbonyl (C=O) groups excluding carboxylic acids is 1. The van der Waals surface area contributed by atoms with Gasteiger partial charge in [0.1, 0.15) is 6.61 Å². The van der Waals surface area contributed by atoms with E-state index in [0.29, 0.717) is 17.7 Å². The van der Waals surface area contributed by atoms with Crippen LogP contribution in [0.15, 0.2) is 15.9 Å². The Morgan fingerprint density at radius 2 is 1.87 bits per heavy atom. The first-order chi connectivity index (χ1) is 10.9. The average Bonchev–Trinajstić information content (AvgIpc) is 2.96. The molecule has 0 aliphatic carbocycles. The van der Waals surface area contributed by atoms with Crippen molar-refractivity contribution >= 4 is 17.1 Å².